The Labute approximate surface area is 107 Å². The number of hydrogen-bond acceptors (Lipinski definition) is 3. The third kappa shape index (κ3) is 2.08. The van der Waals surface area contributed by atoms with Crippen molar-refractivity contribution in [1.82, 2.24) is 15.3 Å². The maximum absolute atomic E-state index is 5.23. The quantitative estimate of drug-likeness (QED) is 0.855. The normalized spacial score (nSPS) is 24.3. The molecule has 4 heteroatoms. The van der Waals surface area contributed by atoms with E-state index in [0.717, 1.165) is 41.5 Å². The number of methoxy groups -OCH3 is 1. The first-order chi connectivity index (χ1) is 8.76. The van der Waals surface area contributed by atoms with Gasteiger partial charge in [0.15, 0.2) is 0 Å². The Bertz CT molecular complexity index is 549. The van der Waals surface area contributed by atoms with Gasteiger partial charge in [0.1, 0.15) is 11.6 Å². The molecule has 0 radical (unpaired) electrons. The Morgan fingerprint density at radius 2 is 2.28 bits per heavy atom. The van der Waals surface area contributed by atoms with Crippen LogP contribution in [0, 0.1) is 5.92 Å². The SMILES string of the molecule is COc1ccc2nc(C3CC(C)CCN3)[nH]c2c1. The molecule has 1 fully saturated rings. The van der Waals surface area contributed by atoms with Gasteiger partial charge in [-0.05, 0) is 37.4 Å². The molecule has 2 atom stereocenters. The van der Waals surface area contributed by atoms with Crippen LogP contribution in [0.15, 0.2) is 18.2 Å². The molecule has 2 aromatic rings. The lowest BCUT2D eigenvalue weighted by Gasteiger charge is -2.26. The smallest absolute Gasteiger partial charge is 0.124 e. The van der Waals surface area contributed by atoms with Crippen LogP contribution in [-0.2, 0) is 0 Å². The van der Waals surface area contributed by atoms with E-state index in [-0.39, 0.29) is 0 Å². The summed E-state index contributed by atoms with van der Waals surface area (Å²) < 4.78 is 5.23. The van der Waals surface area contributed by atoms with Gasteiger partial charge >= 0.3 is 0 Å². The average Bonchev–Trinajstić information content (AvgIpc) is 2.81. The molecule has 96 valence electrons. The van der Waals surface area contributed by atoms with E-state index in [9.17, 15) is 0 Å². The van der Waals surface area contributed by atoms with E-state index >= 15 is 0 Å². The standard InChI is InChI=1S/C14H19N3O/c1-9-5-6-15-13(7-9)14-16-11-4-3-10(18-2)8-12(11)17-14/h3-4,8-9,13,15H,5-7H2,1-2H3,(H,16,17). The van der Waals surface area contributed by atoms with Crippen molar-refractivity contribution in [3.05, 3.63) is 24.0 Å². The molecule has 1 aliphatic heterocycles. The van der Waals surface area contributed by atoms with Crippen molar-refractivity contribution < 1.29 is 4.74 Å². The lowest BCUT2D eigenvalue weighted by atomic mass is 9.94. The zero-order valence-corrected chi connectivity index (χ0v) is 10.9. The number of piperidine rings is 1. The molecule has 3 rings (SSSR count). The second kappa shape index (κ2) is 4.61. The van der Waals surface area contributed by atoms with Crippen molar-refractivity contribution in [2.75, 3.05) is 13.7 Å². The number of aromatic amines is 1. The molecular weight excluding hydrogens is 226 g/mol. The van der Waals surface area contributed by atoms with Crippen LogP contribution in [0.25, 0.3) is 11.0 Å². The number of imidazole rings is 1. The zero-order chi connectivity index (χ0) is 12.5. The predicted molar refractivity (Wildman–Crippen MR) is 71.8 cm³/mol. The van der Waals surface area contributed by atoms with Crippen molar-refractivity contribution in [1.29, 1.82) is 0 Å². The first-order valence-corrected chi connectivity index (χ1v) is 6.53. The molecule has 2 heterocycles. The molecule has 1 aromatic carbocycles. The molecule has 0 amide bonds. The fraction of sp³-hybridized carbons (Fsp3) is 0.500. The van der Waals surface area contributed by atoms with E-state index in [1.54, 1.807) is 7.11 Å². The number of hydrogen-bond donors (Lipinski definition) is 2. The van der Waals surface area contributed by atoms with E-state index in [0.29, 0.717) is 6.04 Å². The second-order valence-electron chi connectivity index (χ2n) is 5.14. The Morgan fingerprint density at radius 3 is 3.06 bits per heavy atom. The highest BCUT2D eigenvalue weighted by Crippen LogP contribution is 2.27. The van der Waals surface area contributed by atoms with Crippen molar-refractivity contribution >= 4 is 11.0 Å². The number of fused-ring (bicyclic) bond motifs is 1. The highest BCUT2D eigenvalue weighted by Gasteiger charge is 2.22. The minimum absolute atomic E-state index is 0.354. The third-order valence-corrected chi connectivity index (χ3v) is 3.70. The van der Waals surface area contributed by atoms with Crippen LogP contribution in [0.1, 0.15) is 31.6 Å². The molecule has 0 saturated carbocycles. The van der Waals surface area contributed by atoms with Gasteiger partial charge in [0, 0.05) is 6.07 Å². The van der Waals surface area contributed by atoms with Gasteiger partial charge in [-0.2, -0.15) is 0 Å². The summed E-state index contributed by atoms with van der Waals surface area (Å²) in [4.78, 5) is 8.08. The van der Waals surface area contributed by atoms with Crippen molar-refractivity contribution in [3.63, 3.8) is 0 Å². The van der Waals surface area contributed by atoms with Crippen LogP contribution in [-0.4, -0.2) is 23.6 Å². The number of aromatic nitrogens is 2. The van der Waals surface area contributed by atoms with Gasteiger partial charge in [-0.15, -0.1) is 0 Å². The van der Waals surface area contributed by atoms with Gasteiger partial charge < -0.3 is 15.0 Å². The second-order valence-corrected chi connectivity index (χ2v) is 5.14. The summed E-state index contributed by atoms with van der Waals surface area (Å²) >= 11 is 0. The number of nitrogens with zero attached hydrogens (tertiary/aromatic N) is 1. The van der Waals surface area contributed by atoms with Gasteiger partial charge in [0.25, 0.3) is 0 Å². The minimum atomic E-state index is 0.354. The van der Waals surface area contributed by atoms with Crippen molar-refractivity contribution in [2.24, 2.45) is 5.92 Å². The Hall–Kier alpha value is -1.55. The van der Waals surface area contributed by atoms with E-state index in [4.69, 9.17) is 4.74 Å². The van der Waals surface area contributed by atoms with E-state index in [2.05, 4.69) is 22.2 Å². The molecule has 2 N–H and O–H groups in total. The largest absolute Gasteiger partial charge is 0.497 e. The maximum atomic E-state index is 5.23. The monoisotopic (exact) mass is 245 g/mol. The summed E-state index contributed by atoms with van der Waals surface area (Å²) in [7, 11) is 1.68. The van der Waals surface area contributed by atoms with Gasteiger partial charge in [-0.25, -0.2) is 4.98 Å². The summed E-state index contributed by atoms with van der Waals surface area (Å²) in [6.45, 7) is 3.38. The Morgan fingerprint density at radius 1 is 1.39 bits per heavy atom. The zero-order valence-electron chi connectivity index (χ0n) is 10.9. The summed E-state index contributed by atoms with van der Waals surface area (Å²) in [5.41, 5.74) is 2.05. The van der Waals surface area contributed by atoms with E-state index < -0.39 is 0 Å². The van der Waals surface area contributed by atoms with Crippen LogP contribution in [0.2, 0.25) is 0 Å². The molecule has 0 bridgehead atoms. The molecule has 0 spiro atoms. The van der Waals surface area contributed by atoms with E-state index in [1.165, 1.54) is 6.42 Å². The average molecular weight is 245 g/mol. The van der Waals surface area contributed by atoms with Crippen LogP contribution in [0.5, 0.6) is 5.75 Å². The first kappa shape index (κ1) is 11.5. The van der Waals surface area contributed by atoms with Crippen molar-refractivity contribution in [3.8, 4) is 5.75 Å². The van der Waals surface area contributed by atoms with Crippen LogP contribution >= 0.6 is 0 Å². The molecule has 1 saturated heterocycles. The minimum Gasteiger partial charge on any atom is -0.497 e. The Balaban J connectivity index is 1.92. The fourth-order valence-electron chi connectivity index (χ4n) is 2.62. The van der Waals surface area contributed by atoms with Crippen molar-refractivity contribution in [2.45, 2.75) is 25.8 Å². The Kier molecular flexibility index (Phi) is 2.96. The lowest BCUT2D eigenvalue weighted by molar-refractivity contribution is 0.317. The number of rotatable bonds is 2. The number of H-pyrrole nitrogens is 1. The maximum Gasteiger partial charge on any atom is 0.124 e. The summed E-state index contributed by atoms with van der Waals surface area (Å²) in [6.07, 6.45) is 2.40. The molecule has 18 heavy (non-hydrogen) atoms. The van der Waals surface area contributed by atoms with Crippen LogP contribution in [0.3, 0.4) is 0 Å². The van der Waals surface area contributed by atoms with Gasteiger partial charge in [-0.1, -0.05) is 6.92 Å². The number of benzene rings is 1. The topological polar surface area (TPSA) is 49.9 Å². The summed E-state index contributed by atoms with van der Waals surface area (Å²) in [5.74, 6) is 2.67. The number of ether oxygens (including phenoxy) is 1. The van der Waals surface area contributed by atoms with Crippen LogP contribution in [0.4, 0.5) is 0 Å². The van der Waals surface area contributed by atoms with Gasteiger partial charge in [0.05, 0.1) is 24.2 Å². The summed E-state index contributed by atoms with van der Waals surface area (Å²) in [5, 5.41) is 3.53. The predicted octanol–water partition coefficient (Wildman–Crippen LogP) is 2.63. The molecule has 4 nitrogen and oxygen atoms in total. The molecule has 2 unspecified atom stereocenters. The third-order valence-electron chi connectivity index (χ3n) is 3.70. The molecular formula is C14H19N3O. The number of nitrogens with one attached hydrogen (secondary N) is 2. The molecule has 0 aliphatic carbocycles. The van der Waals surface area contributed by atoms with Crippen LogP contribution < -0.4 is 10.1 Å². The van der Waals surface area contributed by atoms with E-state index in [1.807, 2.05) is 18.2 Å². The molecule has 1 aliphatic rings. The van der Waals surface area contributed by atoms with Gasteiger partial charge in [-0.3, -0.25) is 0 Å². The van der Waals surface area contributed by atoms with Gasteiger partial charge in [0.2, 0.25) is 0 Å². The fourth-order valence-corrected chi connectivity index (χ4v) is 2.62. The lowest BCUT2D eigenvalue weighted by Crippen LogP contribution is -2.31. The first-order valence-electron chi connectivity index (χ1n) is 6.53. The summed E-state index contributed by atoms with van der Waals surface area (Å²) in [6, 6.07) is 6.30. The highest BCUT2D eigenvalue weighted by molar-refractivity contribution is 5.76. The molecule has 1 aromatic heterocycles. The highest BCUT2D eigenvalue weighted by atomic mass is 16.5.